The third kappa shape index (κ3) is 5.51. The van der Waals surface area contributed by atoms with Gasteiger partial charge in [-0.3, -0.25) is 14.7 Å². The Morgan fingerprint density at radius 2 is 2.05 bits per heavy atom. The van der Waals surface area contributed by atoms with Crippen LogP contribution >= 0.6 is 24.0 Å². The normalized spacial score (nSPS) is 16.9. The van der Waals surface area contributed by atoms with Crippen molar-refractivity contribution in [3.8, 4) is 0 Å². The number of hydrogen-bond donors (Lipinski definition) is 3. The lowest BCUT2D eigenvalue weighted by Gasteiger charge is -2.21. The van der Waals surface area contributed by atoms with Crippen molar-refractivity contribution in [3.05, 3.63) is 0 Å². The molecule has 7 nitrogen and oxygen atoms in total. The van der Waals surface area contributed by atoms with Crippen LogP contribution in [-0.2, 0) is 4.79 Å². The van der Waals surface area contributed by atoms with Crippen LogP contribution in [0.5, 0.6) is 0 Å². The molecule has 0 aromatic heterocycles. The molecule has 0 aromatic rings. The van der Waals surface area contributed by atoms with E-state index in [-0.39, 0.29) is 42.5 Å². The zero-order valence-corrected chi connectivity index (χ0v) is 14.7. The molecule has 0 aromatic carbocycles. The standard InChI is InChI=1S/C12H23N5O2.HI/c1-8(2)9(3)16-11(13-4)14-5-6-17-10(18)7-15-12(17)19;/h8-9H,5-7H2,1-4H3,(H,15,19)(H2,13,14,16);1H. The zero-order valence-electron chi connectivity index (χ0n) is 12.4. The number of nitrogens with zero attached hydrogens (tertiary/aromatic N) is 2. The number of guanidine groups is 1. The lowest BCUT2D eigenvalue weighted by atomic mass is 10.1. The molecule has 0 radical (unpaired) electrons. The quantitative estimate of drug-likeness (QED) is 0.271. The molecule has 0 bridgehead atoms. The number of halogens is 1. The van der Waals surface area contributed by atoms with Gasteiger partial charge in [0.15, 0.2) is 5.96 Å². The number of carbonyl (C=O) groups is 2. The summed E-state index contributed by atoms with van der Waals surface area (Å²) in [6.45, 7) is 7.23. The minimum atomic E-state index is -0.328. The molecule has 1 saturated heterocycles. The summed E-state index contributed by atoms with van der Waals surface area (Å²) >= 11 is 0. The van der Waals surface area contributed by atoms with Crippen molar-refractivity contribution in [2.24, 2.45) is 10.9 Å². The molecule has 1 aliphatic heterocycles. The summed E-state index contributed by atoms with van der Waals surface area (Å²) in [5.41, 5.74) is 0. The molecule has 116 valence electrons. The first-order valence-electron chi connectivity index (χ1n) is 6.51. The van der Waals surface area contributed by atoms with Gasteiger partial charge in [0.05, 0.1) is 6.54 Å². The predicted molar refractivity (Wildman–Crippen MR) is 89.3 cm³/mol. The predicted octanol–water partition coefficient (Wildman–Crippen LogP) is 0.366. The fourth-order valence-corrected chi connectivity index (χ4v) is 1.54. The zero-order chi connectivity index (χ0) is 14.4. The molecule has 20 heavy (non-hydrogen) atoms. The molecule has 1 unspecified atom stereocenters. The summed E-state index contributed by atoms with van der Waals surface area (Å²) in [5, 5.41) is 8.82. The maximum absolute atomic E-state index is 11.4. The van der Waals surface area contributed by atoms with Crippen LogP contribution in [0.15, 0.2) is 4.99 Å². The Morgan fingerprint density at radius 3 is 2.50 bits per heavy atom. The first kappa shape index (κ1) is 18.9. The fourth-order valence-electron chi connectivity index (χ4n) is 1.54. The highest BCUT2D eigenvalue weighted by molar-refractivity contribution is 14.0. The van der Waals surface area contributed by atoms with Gasteiger partial charge in [-0.2, -0.15) is 0 Å². The van der Waals surface area contributed by atoms with Crippen molar-refractivity contribution in [2.45, 2.75) is 26.8 Å². The van der Waals surface area contributed by atoms with Crippen LogP contribution in [0.2, 0.25) is 0 Å². The Labute approximate surface area is 137 Å². The third-order valence-corrected chi connectivity index (χ3v) is 3.15. The van der Waals surface area contributed by atoms with E-state index in [2.05, 4.69) is 41.7 Å². The lowest BCUT2D eigenvalue weighted by molar-refractivity contribution is -0.124. The average molecular weight is 397 g/mol. The van der Waals surface area contributed by atoms with Gasteiger partial charge in [0.25, 0.3) is 0 Å². The average Bonchev–Trinajstić information content (AvgIpc) is 2.68. The fraction of sp³-hybridized carbons (Fsp3) is 0.750. The van der Waals surface area contributed by atoms with Gasteiger partial charge < -0.3 is 16.0 Å². The monoisotopic (exact) mass is 397 g/mol. The molecule has 0 saturated carbocycles. The highest BCUT2D eigenvalue weighted by Gasteiger charge is 2.27. The van der Waals surface area contributed by atoms with Crippen LogP contribution < -0.4 is 16.0 Å². The lowest BCUT2D eigenvalue weighted by Crippen LogP contribution is -2.47. The number of amides is 3. The number of carbonyl (C=O) groups excluding carboxylic acids is 2. The minimum Gasteiger partial charge on any atom is -0.355 e. The highest BCUT2D eigenvalue weighted by atomic mass is 127. The summed E-state index contributed by atoms with van der Waals surface area (Å²) in [6.07, 6.45) is 0. The van der Waals surface area contributed by atoms with E-state index in [4.69, 9.17) is 0 Å². The van der Waals surface area contributed by atoms with Crippen molar-refractivity contribution in [1.29, 1.82) is 0 Å². The first-order valence-corrected chi connectivity index (χ1v) is 6.51. The van der Waals surface area contributed by atoms with Crippen molar-refractivity contribution >= 4 is 41.9 Å². The molecular formula is C12H24IN5O2. The first-order chi connectivity index (χ1) is 8.95. The van der Waals surface area contributed by atoms with E-state index in [1.165, 1.54) is 4.90 Å². The second-order valence-electron chi connectivity index (χ2n) is 4.88. The van der Waals surface area contributed by atoms with E-state index < -0.39 is 0 Å². The Hall–Kier alpha value is -1.06. The largest absolute Gasteiger partial charge is 0.355 e. The Morgan fingerprint density at radius 1 is 1.40 bits per heavy atom. The van der Waals surface area contributed by atoms with Crippen LogP contribution in [0.1, 0.15) is 20.8 Å². The number of rotatable bonds is 5. The summed E-state index contributed by atoms with van der Waals surface area (Å²) in [4.78, 5) is 28.0. The molecule has 1 fully saturated rings. The van der Waals surface area contributed by atoms with E-state index in [1.807, 2.05) is 0 Å². The van der Waals surface area contributed by atoms with Crippen LogP contribution in [0.3, 0.4) is 0 Å². The Balaban J connectivity index is 0.00000361. The third-order valence-electron chi connectivity index (χ3n) is 3.15. The van der Waals surface area contributed by atoms with Gasteiger partial charge in [-0.25, -0.2) is 4.79 Å². The molecule has 3 amide bonds. The summed E-state index contributed by atoms with van der Waals surface area (Å²) in [5.74, 6) is 0.975. The minimum absolute atomic E-state index is 0. The molecule has 1 aliphatic rings. The topological polar surface area (TPSA) is 85.8 Å². The van der Waals surface area contributed by atoms with E-state index >= 15 is 0 Å². The van der Waals surface area contributed by atoms with Crippen LogP contribution in [0.4, 0.5) is 4.79 Å². The van der Waals surface area contributed by atoms with Crippen molar-refractivity contribution < 1.29 is 9.59 Å². The maximum atomic E-state index is 11.4. The van der Waals surface area contributed by atoms with Gasteiger partial charge in [-0.05, 0) is 12.8 Å². The van der Waals surface area contributed by atoms with Crippen LogP contribution in [0.25, 0.3) is 0 Å². The van der Waals surface area contributed by atoms with Crippen LogP contribution in [0, 0.1) is 5.92 Å². The van der Waals surface area contributed by atoms with Gasteiger partial charge >= 0.3 is 6.03 Å². The van der Waals surface area contributed by atoms with Gasteiger partial charge in [-0.1, -0.05) is 13.8 Å². The highest BCUT2D eigenvalue weighted by Crippen LogP contribution is 1.99. The number of imide groups is 1. The molecule has 1 atom stereocenters. The van der Waals surface area contributed by atoms with Gasteiger partial charge in [-0.15, -0.1) is 24.0 Å². The van der Waals surface area contributed by atoms with E-state index in [9.17, 15) is 9.59 Å². The summed E-state index contributed by atoms with van der Waals surface area (Å²) in [6, 6.07) is -0.0341. The SMILES string of the molecule is CN=C(NCCN1C(=O)CNC1=O)NC(C)C(C)C.I. The summed E-state index contributed by atoms with van der Waals surface area (Å²) < 4.78 is 0. The second kappa shape index (κ2) is 8.98. The molecular weight excluding hydrogens is 373 g/mol. The molecule has 0 aliphatic carbocycles. The molecule has 8 heteroatoms. The van der Waals surface area contributed by atoms with E-state index in [0.717, 1.165) is 0 Å². The number of urea groups is 1. The van der Waals surface area contributed by atoms with Gasteiger partial charge in [0, 0.05) is 26.2 Å². The summed E-state index contributed by atoms with van der Waals surface area (Å²) in [7, 11) is 1.69. The van der Waals surface area contributed by atoms with Gasteiger partial charge in [0.1, 0.15) is 0 Å². The molecule has 3 N–H and O–H groups in total. The maximum Gasteiger partial charge on any atom is 0.324 e. The van der Waals surface area contributed by atoms with Crippen molar-refractivity contribution in [3.63, 3.8) is 0 Å². The molecule has 0 spiro atoms. The van der Waals surface area contributed by atoms with Gasteiger partial charge in [0.2, 0.25) is 5.91 Å². The second-order valence-corrected chi connectivity index (χ2v) is 4.88. The number of hydrogen-bond acceptors (Lipinski definition) is 3. The van der Waals surface area contributed by atoms with E-state index in [0.29, 0.717) is 31.0 Å². The number of aliphatic imine (C=N–C) groups is 1. The van der Waals surface area contributed by atoms with Crippen molar-refractivity contribution in [1.82, 2.24) is 20.9 Å². The van der Waals surface area contributed by atoms with Crippen LogP contribution in [-0.4, -0.2) is 55.5 Å². The smallest absolute Gasteiger partial charge is 0.324 e. The molecule has 1 heterocycles. The number of nitrogens with one attached hydrogen (secondary N) is 3. The Bertz CT molecular complexity index is 357. The van der Waals surface area contributed by atoms with E-state index in [1.54, 1.807) is 7.05 Å². The molecule has 1 rings (SSSR count). The van der Waals surface area contributed by atoms with Crippen molar-refractivity contribution in [2.75, 3.05) is 26.7 Å². The Kier molecular flexibility index (Phi) is 8.51.